The van der Waals surface area contributed by atoms with Crippen LogP contribution in [-0.4, -0.2) is 22.1 Å². The van der Waals surface area contributed by atoms with Crippen molar-refractivity contribution >= 4 is 22.4 Å². The third-order valence-electron chi connectivity index (χ3n) is 2.33. The Balaban J connectivity index is 2.71. The molecule has 0 aliphatic heterocycles. The molecule has 0 aromatic carbocycles. The Morgan fingerprint density at radius 2 is 2.12 bits per heavy atom. The molecule has 0 saturated heterocycles. The predicted octanol–water partition coefficient (Wildman–Crippen LogP) is 2.67. The van der Waals surface area contributed by atoms with Crippen LogP contribution in [0.3, 0.4) is 0 Å². The number of nitrogens with one attached hydrogen (secondary N) is 1. The van der Waals surface area contributed by atoms with Gasteiger partial charge in [-0.1, -0.05) is 13.8 Å². The second-order valence-corrected chi connectivity index (χ2v) is 5.53. The maximum Gasteiger partial charge on any atom is 0.326 e. The van der Waals surface area contributed by atoms with Crippen molar-refractivity contribution in [1.29, 1.82) is 0 Å². The van der Waals surface area contributed by atoms with Crippen molar-refractivity contribution < 1.29 is 9.90 Å². The van der Waals surface area contributed by atoms with Crippen molar-refractivity contribution in [2.75, 3.05) is 5.32 Å². The molecule has 1 aromatic heterocycles. The van der Waals surface area contributed by atoms with Gasteiger partial charge >= 0.3 is 5.97 Å². The van der Waals surface area contributed by atoms with E-state index in [0.29, 0.717) is 17.5 Å². The van der Waals surface area contributed by atoms with E-state index < -0.39 is 12.0 Å². The molecule has 1 aromatic rings. The third kappa shape index (κ3) is 3.48. The second-order valence-electron chi connectivity index (χ2n) is 4.33. The van der Waals surface area contributed by atoms with Gasteiger partial charge in [0.25, 0.3) is 0 Å². The highest BCUT2D eigenvalue weighted by Gasteiger charge is 2.20. The van der Waals surface area contributed by atoms with Crippen molar-refractivity contribution in [3.63, 3.8) is 0 Å². The van der Waals surface area contributed by atoms with Crippen LogP contribution in [0.5, 0.6) is 0 Å². The summed E-state index contributed by atoms with van der Waals surface area (Å²) in [6.45, 7) is 7.93. The molecule has 16 heavy (non-hydrogen) atoms. The first-order chi connectivity index (χ1) is 7.40. The standard InChI is InChI=1S/C11H18N2O2S/c1-6(2)5-9(10(14)15)13-11-12-7(3)8(4)16-11/h6,9H,5H2,1-4H3,(H,12,13)(H,14,15). The van der Waals surface area contributed by atoms with Gasteiger partial charge in [0, 0.05) is 4.88 Å². The average Bonchev–Trinajstić information content (AvgIpc) is 2.44. The number of hydrogen-bond acceptors (Lipinski definition) is 4. The first-order valence-electron chi connectivity index (χ1n) is 5.33. The summed E-state index contributed by atoms with van der Waals surface area (Å²) in [5.74, 6) is -0.477. The number of rotatable bonds is 5. The van der Waals surface area contributed by atoms with Crippen molar-refractivity contribution in [2.45, 2.75) is 40.2 Å². The quantitative estimate of drug-likeness (QED) is 0.833. The molecule has 0 radical (unpaired) electrons. The van der Waals surface area contributed by atoms with Crippen molar-refractivity contribution in [3.8, 4) is 0 Å². The highest BCUT2D eigenvalue weighted by atomic mass is 32.1. The van der Waals surface area contributed by atoms with Gasteiger partial charge in [0.15, 0.2) is 5.13 Å². The molecule has 0 aliphatic carbocycles. The van der Waals surface area contributed by atoms with Crippen LogP contribution in [0, 0.1) is 19.8 Å². The van der Waals surface area contributed by atoms with Crippen LogP contribution in [-0.2, 0) is 4.79 Å². The van der Waals surface area contributed by atoms with Crippen LogP contribution in [0.25, 0.3) is 0 Å². The minimum Gasteiger partial charge on any atom is -0.480 e. The maximum atomic E-state index is 11.0. The molecule has 0 aliphatic rings. The molecular formula is C11H18N2O2S. The number of carboxylic acids is 1. The third-order valence-corrected chi connectivity index (χ3v) is 3.34. The van der Waals surface area contributed by atoms with Gasteiger partial charge in [-0.15, -0.1) is 11.3 Å². The molecule has 2 N–H and O–H groups in total. The zero-order valence-corrected chi connectivity index (χ0v) is 10.9. The van der Waals surface area contributed by atoms with Gasteiger partial charge in [-0.25, -0.2) is 9.78 Å². The maximum absolute atomic E-state index is 11.0. The Bertz CT molecular complexity index is 355. The lowest BCUT2D eigenvalue weighted by molar-refractivity contribution is -0.138. The van der Waals surface area contributed by atoms with Crippen LogP contribution < -0.4 is 5.32 Å². The number of carboxylic acid groups (broad SMARTS) is 1. The zero-order valence-electron chi connectivity index (χ0n) is 10.1. The molecule has 5 heteroatoms. The molecule has 4 nitrogen and oxygen atoms in total. The van der Waals surface area contributed by atoms with Gasteiger partial charge in [0.2, 0.25) is 0 Å². The van der Waals surface area contributed by atoms with E-state index >= 15 is 0 Å². The molecule has 0 amide bonds. The zero-order chi connectivity index (χ0) is 12.3. The molecule has 90 valence electrons. The molecular weight excluding hydrogens is 224 g/mol. The van der Waals surface area contributed by atoms with E-state index in [9.17, 15) is 4.79 Å². The number of carbonyl (C=O) groups is 1. The molecule has 1 atom stereocenters. The number of hydrogen-bond donors (Lipinski definition) is 2. The van der Waals surface area contributed by atoms with Crippen molar-refractivity contribution in [3.05, 3.63) is 10.6 Å². The fourth-order valence-electron chi connectivity index (χ4n) is 1.38. The summed E-state index contributed by atoms with van der Waals surface area (Å²) in [6, 6.07) is -0.551. The normalized spacial score (nSPS) is 12.8. The van der Waals surface area contributed by atoms with Gasteiger partial charge in [-0.05, 0) is 26.2 Å². The summed E-state index contributed by atoms with van der Waals surface area (Å²) >= 11 is 1.50. The Morgan fingerprint density at radius 3 is 2.50 bits per heavy atom. The highest BCUT2D eigenvalue weighted by Crippen LogP contribution is 2.22. The monoisotopic (exact) mass is 242 g/mol. The van der Waals surface area contributed by atoms with Crippen molar-refractivity contribution in [2.24, 2.45) is 5.92 Å². The van der Waals surface area contributed by atoms with Crippen LogP contribution >= 0.6 is 11.3 Å². The smallest absolute Gasteiger partial charge is 0.326 e. The topological polar surface area (TPSA) is 62.2 Å². The largest absolute Gasteiger partial charge is 0.480 e. The van der Waals surface area contributed by atoms with E-state index in [1.54, 1.807) is 0 Å². The van der Waals surface area contributed by atoms with Gasteiger partial charge in [0.05, 0.1) is 5.69 Å². The number of thiazole rings is 1. The van der Waals surface area contributed by atoms with Gasteiger partial charge < -0.3 is 10.4 Å². The summed E-state index contributed by atoms with van der Waals surface area (Å²) in [5.41, 5.74) is 0.959. The summed E-state index contributed by atoms with van der Waals surface area (Å²) in [4.78, 5) is 16.5. The molecule has 0 bridgehead atoms. The number of anilines is 1. The summed E-state index contributed by atoms with van der Waals surface area (Å²) < 4.78 is 0. The van der Waals surface area contributed by atoms with Gasteiger partial charge in [-0.3, -0.25) is 0 Å². The molecule has 1 rings (SSSR count). The summed E-state index contributed by atoms with van der Waals surface area (Å²) in [6.07, 6.45) is 0.604. The van der Waals surface area contributed by atoms with Gasteiger partial charge in [-0.2, -0.15) is 0 Å². The van der Waals surface area contributed by atoms with Gasteiger partial charge in [0.1, 0.15) is 6.04 Å². The van der Waals surface area contributed by atoms with Crippen LogP contribution in [0.1, 0.15) is 30.8 Å². The first-order valence-corrected chi connectivity index (χ1v) is 6.15. The SMILES string of the molecule is Cc1nc(NC(CC(C)C)C(=O)O)sc1C. The van der Waals surface area contributed by atoms with Crippen LogP contribution in [0.2, 0.25) is 0 Å². The second kappa shape index (κ2) is 5.30. The number of nitrogens with zero attached hydrogens (tertiary/aromatic N) is 1. The average molecular weight is 242 g/mol. The van der Waals surface area contributed by atoms with E-state index in [1.807, 2.05) is 27.7 Å². The molecule has 0 spiro atoms. The van der Waals surface area contributed by atoms with E-state index in [4.69, 9.17) is 5.11 Å². The minimum absolute atomic E-state index is 0.343. The predicted molar refractivity (Wildman–Crippen MR) is 66.1 cm³/mol. The Kier molecular flexibility index (Phi) is 4.29. The lowest BCUT2D eigenvalue weighted by Gasteiger charge is -2.15. The number of aliphatic carboxylic acids is 1. The lowest BCUT2D eigenvalue weighted by Crippen LogP contribution is -2.30. The van der Waals surface area contributed by atoms with E-state index in [1.165, 1.54) is 11.3 Å². The molecule has 1 unspecified atom stereocenters. The highest BCUT2D eigenvalue weighted by molar-refractivity contribution is 7.15. The van der Waals surface area contributed by atoms with E-state index in [2.05, 4.69) is 10.3 Å². The summed E-state index contributed by atoms with van der Waals surface area (Å²) in [5, 5.41) is 12.8. The molecule has 0 fully saturated rings. The van der Waals surface area contributed by atoms with Crippen LogP contribution in [0.15, 0.2) is 0 Å². The summed E-state index contributed by atoms with van der Waals surface area (Å²) in [7, 11) is 0. The Hall–Kier alpha value is -1.10. The number of aromatic nitrogens is 1. The van der Waals surface area contributed by atoms with Crippen molar-refractivity contribution in [1.82, 2.24) is 4.98 Å². The van der Waals surface area contributed by atoms with E-state index in [0.717, 1.165) is 10.6 Å². The molecule has 1 heterocycles. The van der Waals surface area contributed by atoms with E-state index in [-0.39, 0.29) is 0 Å². The minimum atomic E-state index is -0.820. The Morgan fingerprint density at radius 1 is 1.50 bits per heavy atom. The Labute approximate surface area is 99.7 Å². The first kappa shape index (κ1) is 13.0. The van der Waals surface area contributed by atoms with Crippen LogP contribution in [0.4, 0.5) is 5.13 Å². The fraction of sp³-hybridized carbons (Fsp3) is 0.636. The molecule has 0 saturated carbocycles. The fourth-order valence-corrected chi connectivity index (χ4v) is 2.24. The number of aryl methyl sites for hydroxylation is 2. The lowest BCUT2D eigenvalue weighted by atomic mass is 10.0.